The molecule has 2 aliphatic rings. The van der Waals surface area contributed by atoms with Crippen molar-refractivity contribution in [2.45, 2.75) is 31.2 Å². The van der Waals surface area contributed by atoms with Crippen LogP contribution in [-0.4, -0.2) is 70.7 Å². The van der Waals surface area contributed by atoms with E-state index < -0.39 is 54.0 Å². The summed E-state index contributed by atoms with van der Waals surface area (Å²) in [6, 6.07) is 0.327. The summed E-state index contributed by atoms with van der Waals surface area (Å²) in [4.78, 5) is 26.8. The molecule has 0 bridgehead atoms. The second kappa shape index (κ2) is 8.64. The number of hydrogen-bond acceptors (Lipinski definition) is 5. The van der Waals surface area contributed by atoms with Gasteiger partial charge < -0.3 is 19.9 Å². The summed E-state index contributed by atoms with van der Waals surface area (Å²) >= 11 is 0. The van der Waals surface area contributed by atoms with Crippen molar-refractivity contribution in [1.82, 2.24) is 20.0 Å². The number of alkyl halides is 5. The Labute approximate surface area is 195 Å². The van der Waals surface area contributed by atoms with Crippen molar-refractivity contribution in [1.29, 1.82) is 0 Å². The van der Waals surface area contributed by atoms with Gasteiger partial charge in [-0.05, 0) is 12.1 Å². The van der Waals surface area contributed by atoms with E-state index in [9.17, 15) is 35.9 Å². The lowest BCUT2D eigenvalue weighted by atomic mass is 10.1. The van der Waals surface area contributed by atoms with Gasteiger partial charge in [-0.25, -0.2) is 13.2 Å². The summed E-state index contributed by atoms with van der Waals surface area (Å²) in [5, 5.41) is 6.26. The van der Waals surface area contributed by atoms with Gasteiger partial charge in [-0.15, -0.1) is 0 Å². The molecule has 190 valence electrons. The van der Waals surface area contributed by atoms with Crippen LogP contribution in [0.4, 0.5) is 32.2 Å². The summed E-state index contributed by atoms with van der Waals surface area (Å²) in [6.07, 6.45) is -4.14. The van der Waals surface area contributed by atoms with Crippen LogP contribution in [0.25, 0.3) is 0 Å². The number of hydrogen-bond donors (Lipinski definition) is 1. The summed E-state index contributed by atoms with van der Waals surface area (Å²) < 4.78 is 87.7. The van der Waals surface area contributed by atoms with E-state index in [2.05, 4.69) is 10.4 Å². The van der Waals surface area contributed by atoms with Gasteiger partial charge in [0.2, 0.25) is 5.91 Å². The van der Waals surface area contributed by atoms with Gasteiger partial charge in [0.25, 0.3) is 11.8 Å². The molecule has 2 amide bonds. The molecule has 0 aliphatic carbocycles. The molecule has 0 saturated carbocycles. The van der Waals surface area contributed by atoms with Crippen LogP contribution >= 0.6 is 0 Å². The van der Waals surface area contributed by atoms with Crippen LogP contribution in [0, 0.1) is 5.82 Å². The smallest absolute Gasteiger partial charge is 0.416 e. The molecule has 0 spiro atoms. The number of anilines is 1. The van der Waals surface area contributed by atoms with Crippen LogP contribution in [0.1, 0.15) is 22.8 Å². The predicted molar refractivity (Wildman–Crippen MR) is 110 cm³/mol. The van der Waals surface area contributed by atoms with Crippen LogP contribution in [0.15, 0.2) is 24.4 Å². The van der Waals surface area contributed by atoms with Gasteiger partial charge in [-0.1, -0.05) is 0 Å². The molecule has 1 N–H and O–H groups in total. The van der Waals surface area contributed by atoms with E-state index in [1.165, 1.54) is 17.9 Å². The number of nitrogens with one attached hydrogen (secondary N) is 1. The van der Waals surface area contributed by atoms with Gasteiger partial charge in [-0.2, -0.15) is 18.3 Å². The number of nitrogens with zero attached hydrogens (tertiary/aromatic N) is 4. The van der Waals surface area contributed by atoms with Crippen molar-refractivity contribution in [3.8, 4) is 5.75 Å². The highest BCUT2D eigenvalue weighted by molar-refractivity contribution is 5.99. The van der Waals surface area contributed by atoms with E-state index in [0.29, 0.717) is 18.0 Å². The molecule has 2 aliphatic heterocycles. The van der Waals surface area contributed by atoms with Crippen molar-refractivity contribution in [3.05, 3.63) is 41.3 Å². The first-order valence-corrected chi connectivity index (χ1v) is 10.5. The van der Waals surface area contributed by atoms with Crippen molar-refractivity contribution >= 4 is 17.6 Å². The van der Waals surface area contributed by atoms with Gasteiger partial charge in [-0.3, -0.25) is 14.3 Å². The quantitative estimate of drug-likeness (QED) is 0.632. The fraction of sp³-hybridized carbons (Fsp3) is 0.476. The number of halogens is 6. The molecular weight excluding hydrogens is 484 g/mol. The molecule has 2 fully saturated rings. The number of ether oxygens (including phenoxy) is 1. The van der Waals surface area contributed by atoms with E-state index in [1.54, 1.807) is 4.90 Å². The zero-order valence-electron chi connectivity index (χ0n) is 18.6. The van der Waals surface area contributed by atoms with Gasteiger partial charge in [0, 0.05) is 26.6 Å². The van der Waals surface area contributed by atoms with Crippen molar-refractivity contribution in [3.63, 3.8) is 0 Å². The molecule has 1 unspecified atom stereocenters. The normalized spacial score (nSPS) is 20.1. The van der Waals surface area contributed by atoms with E-state index in [4.69, 9.17) is 4.74 Å². The minimum absolute atomic E-state index is 0.00754. The van der Waals surface area contributed by atoms with Crippen LogP contribution in [0.5, 0.6) is 5.75 Å². The second-order valence-corrected chi connectivity index (χ2v) is 8.51. The fourth-order valence-corrected chi connectivity index (χ4v) is 4.05. The molecule has 1 aromatic heterocycles. The molecule has 3 heterocycles. The highest BCUT2D eigenvalue weighted by atomic mass is 19.4. The minimum Gasteiger partial charge on any atom is -0.487 e. The number of aryl methyl sites for hydroxylation is 1. The third kappa shape index (κ3) is 5.00. The molecule has 0 radical (unpaired) electrons. The molecule has 1 atom stereocenters. The van der Waals surface area contributed by atoms with Crippen LogP contribution in [0.2, 0.25) is 0 Å². The third-order valence-electron chi connectivity index (χ3n) is 5.87. The minimum atomic E-state index is -4.74. The largest absolute Gasteiger partial charge is 0.487 e. The van der Waals surface area contributed by atoms with Crippen molar-refractivity contribution in [2.75, 3.05) is 31.1 Å². The number of benzene rings is 1. The maximum Gasteiger partial charge on any atom is 0.416 e. The molecule has 2 saturated heterocycles. The van der Waals surface area contributed by atoms with Crippen LogP contribution in [0.3, 0.4) is 0 Å². The summed E-state index contributed by atoms with van der Waals surface area (Å²) in [5.74, 6) is -5.74. The molecule has 35 heavy (non-hydrogen) atoms. The lowest BCUT2D eigenvalue weighted by Crippen LogP contribution is -2.55. The summed E-state index contributed by atoms with van der Waals surface area (Å²) in [7, 11) is 1.53. The Morgan fingerprint density at radius 2 is 1.86 bits per heavy atom. The van der Waals surface area contributed by atoms with Gasteiger partial charge in [0.15, 0.2) is 0 Å². The van der Waals surface area contributed by atoms with Gasteiger partial charge >= 0.3 is 6.18 Å². The first kappa shape index (κ1) is 24.7. The standard InChI is InChI=1S/C21H21F6N5O3/c1-11(33)32-9-17(20(23,24)10-32)29-18(34)16-6-28-30(2)19(16)31-7-15(8-31)35-14-4-12(21(25,26)27)3-13(22)5-14/h3-6,15,17H,7-10H2,1-2H3,(H,29,34). The molecule has 14 heteroatoms. The van der Waals surface area contributed by atoms with E-state index in [0.717, 1.165) is 17.9 Å². The van der Waals surface area contributed by atoms with E-state index in [-0.39, 0.29) is 30.9 Å². The molecule has 8 nitrogen and oxygen atoms in total. The summed E-state index contributed by atoms with van der Waals surface area (Å²) in [6.45, 7) is 0.297. The maximum atomic E-state index is 14.3. The number of amides is 2. The average molecular weight is 505 g/mol. The van der Waals surface area contributed by atoms with E-state index in [1.807, 2.05) is 0 Å². The predicted octanol–water partition coefficient (Wildman–Crippen LogP) is 2.44. The highest BCUT2D eigenvalue weighted by Gasteiger charge is 2.50. The van der Waals surface area contributed by atoms with Crippen molar-refractivity contribution in [2.24, 2.45) is 7.05 Å². The number of rotatable bonds is 5. The Morgan fingerprint density at radius 1 is 1.17 bits per heavy atom. The number of carbonyl (C=O) groups is 2. The number of carbonyl (C=O) groups excluding carboxylic acids is 2. The van der Waals surface area contributed by atoms with E-state index >= 15 is 0 Å². The maximum absolute atomic E-state index is 14.3. The Morgan fingerprint density at radius 3 is 2.46 bits per heavy atom. The Kier molecular flexibility index (Phi) is 6.09. The van der Waals surface area contributed by atoms with Crippen molar-refractivity contribution < 1.29 is 40.7 Å². The monoisotopic (exact) mass is 505 g/mol. The first-order chi connectivity index (χ1) is 16.2. The number of likely N-dealkylation sites (tertiary alicyclic amines) is 1. The van der Waals surface area contributed by atoms with Crippen LogP contribution < -0.4 is 15.0 Å². The molecule has 4 rings (SSSR count). The molecule has 2 aromatic rings. The summed E-state index contributed by atoms with van der Waals surface area (Å²) in [5.41, 5.74) is -1.17. The Bertz CT molecular complexity index is 1140. The van der Waals surface area contributed by atoms with Crippen LogP contribution in [-0.2, 0) is 18.0 Å². The average Bonchev–Trinajstić information content (AvgIpc) is 3.22. The number of aromatic nitrogens is 2. The SMILES string of the molecule is CC(=O)N1CC(NC(=O)c2cnn(C)c2N2CC(Oc3cc(F)cc(C(F)(F)F)c3)C2)C(F)(F)C1. The highest BCUT2D eigenvalue weighted by Crippen LogP contribution is 2.34. The topological polar surface area (TPSA) is 79.7 Å². The fourth-order valence-electron chi connectivity index (χ4n) is 4.05. The first-order valence-electron chi connectivity index (χ1n) is 10.5. The Hall–Kier alpha value is -3.45. The second-order valence-electron chi connectivity index (χ2n) is 8.51. The lowest BCUT2D eigenvalue weighted by Gasteiger charge is -2.40. The molecule has 1 aromatic carbocycles. The Balaban J connectivity index is 1.42. The zero-order chi connectivity index (χ0) is 25.7. The lowest BCUT2D eigenvalue weighted by molar-refractivity contribution is -0.138. The third-order valence-corrected chi connectivity index (χ3v) is 5.87. The zero-order valence-corrected chi connectivity index (χ0v) is 18.6. The molecular formula is C21H21F6N5O3. The van der Waals surface area contributed by atoms with Gasteiger partial charge in [0.05, 0.1) is 31.4 Å². The van der Waals surface area contributed by atoms with Gasteiger partial charge in [0.1, 0.15) is 35.1 Å².